The smallest absolute Gasteiger partial charge is 0.462 e. The lowest BCUT2D eigenvalue weighted by Gasteiger charge is -2.18. The van der Waals surface area contributed by atoms with Gasteiger partial charge in [0.15, 0.2) is 6.10 Å². The standard InChI is InChI=1S/C38H67O9P/c1-3-5-6-7-8-9-10-16-19-22-25-28-31-37(40)45-33-36(34-46-48(42,43)44)47-38(41)32-29-26-23-20-17-14-12-11-13-15-18-21-24-27-30-35(39)4-2/h12-15,20-21,23-24,35-36,39H,3-11,16-19,22,25-34H2,1-2H3,(H2,42,43,44)/b14-12-,15-13-,23-20-,24-21-/t35-,36-/m1/s1. The molecule has 0 unspecified atom stereocenters. The first-order chi connectivity index (χ1) is 23.2. The van der Waals surface area contributed by atoms with Crippen molar-refractivity contribution in [1.82, 2.24) is 0 Å². The average Bonchev–Trinajstić information content (AvgIpc) is 3.05. The fraction of sp³-hybridized carbons (Fsp3) is 0.737. The normalized spacial score (nSPS) is 13.7. The molecule has 9 nitrogen and oxygen atoms in total. The summed E-state index contributed by atoms with van der Waals surface area (Å²) in [6.07, 6.45) is 36.4. The number of unbranched alkanes of at least 4 members (excludes halogenated alkanes) is 12. The number of phosphoric acid groups is 1. The number of aliphatic hydroxyl groups is 1. The van der Waals surface area contributed by atoms with Crippen LogP contribution in [0.2, 0.25) is 0 Å². The van der Waals surface area contributed by atoms with Gasteiger partial charge in [0.1, 0.15) is 6.61 Å². The molecule has 0 bridgehead atoms. The van der Waals surface area contributed by atoms with Crippen LogP contribution >= 0.6 is 7.82 Å². The van der Waals surface area contributed by atoms with Gasteiger partial charge >= 0.3 is 19.8 Å². The van der Waals surface area contributed by atoms with Crippen LogP contribution in [0, 0.1) is 0 Å². The largest absolute Gasteiger partial charge is 0.469 e. The molecule has 0 saturated carbocycles. The van der Waals surface area contributed by atoms with E-state index >= 15 is 0 Å². The monoisotopic (exact) mass is 698 g/mol. The summed E-state index contributed by atoms with van der Waals surface area (Å²) in [5.41, 5.74) is 0. The zero-order valence-electron chi connectivity index (χ0n) is 30.0. The maximum atomic E-state index is 12.3. The number of phosphoric ester groups is 1. The maximum absolute atomic E-state index is 12.3. The van der Waals surface area contributed by atoms with Gasteiger partial charge < -0.3 is 24.4 Å². The van der Waals surface area contributed by atoms with Crippen LogP contribution in [0.3, 0.4) is 0 Å². The van der Waals surface area contributed by atoms with Crippen molar-refractivity contribution in [2.24, 2.45) is 0 Å². The molecule has 0 saturated heterocycles. The summed E-state index contributed by atoms with van der Waals surface area (Å²) < 4.78 is 26.2. The minimum Gasteiger partial charge on any atom is -0.462 e. The summed E-state index contributed by atoms with van der Waals surface area (Å²) in [6, 6.07) is 0. The number of aliphatic hydroxyl groups excluding tert-OH is 1. The van der Waals surface area contributed by atoms with Crippen LogP contribution in [-0.4, -0.2) is 52.3 Å². The molecule has 0 aliphatic carbocycles. The van der Waals surface area contributed by atoms with E-state index in [0.717, 1.165) is 51.4 Å². The number of hydrogen-bond acceptors (Lipinski definition) is 7. The Morgan fingerprint density at radius 3 is 1.62 bits per heavy atom. The van der Waals surface area contributed by atoms with Crippen LogP contribution in [0.25, 0.3) is 0 Å². The second-order valence-corrected chi connectivity index (χ2v) is 13.6. The molecule has 0 amide bonds. The molecule has 0 radical (unpaired) electrons. The van der Waals surface area contributed by atoms with Crippen molar-refractivity contribution in [2.75, 3.05) is 13.2 Å². The Labute approximate surface area is 291 Å². The number of ether oxygens (including phenoxy) is 2. The summed E-state index contributed by atoms with van der Waals surface area (Å²) in [4.78, 5) is 42.6. The Kier molecular flexibility index (Phi) is 32.1. The Bertz CT molecular complexity index is 938. The van der Waals surface area contributed by atoms with E-state index in [9.17, 15) is 19.3 Å². The third-order valence-corrected chi connectivity index (χ3v) is 8.25. The molecular formula is C38H67O9P. The maximum Gasteiger partial charge on any atom is 0.469 e. The fourth-order valence-electron chi connectivity index (χ4n) is 4.82. The summed E-state index contributed by atoms with van der Waals surface area (Å²) >= 11 is 0. The Hall–Kier alpha value is -2.03. The highest BCUT2D eigenvalue weighted by atomic mass is 31.2. The average molecular weight is 699 g/mol. The van der Waals surface area contributed by atoms with E-state index in [1.165, 1.54) is 57.8 Å². The van der Waals surface area contributed by atoms with Crippen LogP contribution in [0.15, 0.2) is 48.6 Å². The number of carbonyl (C=O) groups is 2. The van der Waals surface area contributed by atoms with Crippen LogP contribution in [-0.2, 0) is 28.2 Å². The minimum atomic E-state index is -4.77. The van der Waals surface area contributed by atoms with Gasteiger partial charge in [-0.05, 0) is 57.8 Å². The van der Waals surface area contributed by atoms with Crippen molar-refractivity contribution in [3.63, 3.8) is 0 Å². The lowest BCUT2D eigenvalue weighted by molar-refractivity contribution is -0.161. The van der Waals surface area contributed by atoms with Crippen LogP contribution in [0.4, 0.5) is 0 Å². The second-order valence-electron chi connectivity index (χ2n) is 12.3. The quantitative estimate of drug-likeness (QED) is 0.0264. The van der Waals surface area contributed by atoms with Crippen LogP contribution in [0.1, 0.15) is 155 Å². The van der Waals surface area contributed by atoms with E-state index in [1.54, 1.807) is 0 Å². The Morgan fingerprint density at radius 1 is 0.625 bits per heavy atom. The molecule has 278 valence electrons. The van der Waals surface area contributed by atoms with Gasteiger partial charge in [0, 0.05) is 12.8 Å². The summed E-state index contributed by atoms with van der Waals surface area (Å²) in [6.45, 7) is 3.34. The molecule has 0 fully saturated rings. The third-order valence-electron chi connectivity index (χ3n) is 7.76. The van der Waals surface area contributed by atoms with Gasteiger partial charge in [-0.1, -0.05) is 133 Å². The zero-order valence-corrected chi connectivity index (χ0v) is 30.9. The molecule has 48 heavy (non-hydrogen) atoms. The molecule has 2 atom stereocenters. The molecule has 0 aromatic rings. The van der Waals surface area contributed by atoms with Gasteiger partial charge in [0.05, 0.1) is 12.7 Å². The second kappa shape index (κ2) is 33.5. The molecule has 10 heteroatoms. The molecule has 0 rings (SSSR count). The van der Waals surface area contributed by atoms with Crippen molar-refractivity contribution in [1.29, 1.82) is 0 Å². The molecule has 3 N–H and O–H groups in total. The molecule has 0 heterocycles. The number of carbonyl (C=O) groups excluding carboxylic acids is 2. The lowest BCUT2D eigenvalue weighted by Crippen LogP contribution is -2.29. The molecule has 0 aromatic carbocycles. The van der Waals surface area contributed by atoms with E-state index < -0.39 is 32.5 Å². The molecule has 0 aliphatic heterocycles. The highest BCUT2D eigenvalue weighted by Gasteiger charge is 2.22. The van der Waals surface area contributed by atoms with Gasteiger partial charge in [-0.25, -0.2) is 4.57 Å². The molecule has 0 aromatic heterocycles. The fourth-order valence-corrected chi connectivity index (χ4v) is 5.18. The SMILES string of the molecule is CCCCCCCCCCCCCCC(=O)OC[C@H](COP(=O)(O)O)OC(=O)CCC/C=C\C/C=C\C/C=C\C/C=C\CC[C@H](O)CC. The van der Waals surface area contributed by atoms with Gasteiger partial charge in [0.25, 0.3) is 0 Å². The first-order valence-corrected chi connectivity index (χ1v) is 20.0. The summed E-state index contributed by atoms with van der Waals surface area (Å²) in [5.74, 6) is -0.971. The van der Waals surface area contributed by atoms with Crippen molar-refractivity contribution in [3.05, 3.63) is 48.6 Å². The highest BCUT2D eigenvalue weighted by Crippen LogP contribution is 2.36. The zero-order chi connectivity index (χ0) is 35.6. The van der Waals surface area contributed by atoms with Gasteiger partial charge in [-0.3, -0.25) is 14.1 Å². The molecule has 0 aliphatic rings. The highest BCUT2D eigenvalue weighted by molar-refractivity contribution is 7.46. The topological polar surface area (TPSA) is 140 Å². The first kappa shape index (κ1) is 46.0. The lowest BCUT2D eigenvalue weighted by atomic mass is 10.0. The van der Waals surface area contributed by atoms with Crippen molar-refractivity contribution < 1.29 is 43.0 Å². The van der Waals surface area contributed by atoms with Gasteiger partial charge in [-0.2, -0.15) is 0 Å². The van der Waals surface area contributed by atoms with E-state index in [1.807, 2.05) is 19.1 Å². The predicted octanol–water partition coefficient (Wildman–Crippen LogP) is 9.76. The van der Waals surface area contributed by atoms with E-state index in [2.05, 4.69) is 47.9 Å². The molecule has 0 spiro atoms. The summed E-state index contributed by atoms with van der Waals surface area (Å²) in [5, 5.41) is 9.52. The van der Waals surface area contributed by atoms with Crippen LogP contribution < -0.4 is 0 Å². The minimum absolute atomic E-state index is 0.123. The van der Waals surface area contributed by atoms with E-state index in [4.69, 9.17) is 19.3 Å². The number of allylic oxidation sites excluding steroid dienone is 8. The van der Waals surface area contributed by atoms with Crippen molar-refractivity contribution in [3.8, 4) is 0 Å². The van der Waals surface area contributed by atoms with Gasteiger partial charge in [0.2, 0.25) is 0 Å². The molecular weight excluding hydrogens is 631 g/mol. The Balaban J connectivity index is 4.10. The predicted molar refractivity (Wildman–Crippen MR) is 194 cm³/mol. The Morgan fingerprint density at radius 2 is 1.10 bits per heavy atom. The van der Waals surface area contributed by atoms with Crippen molar-refractivity contribution >= 4 is 19.8 Å². The van der Waals surface area contributed by atoms with Crippen LogP contribution in [0.5, 0.6) is 0 Å². The van der Waals surface area contributed by atoms with Crippen molar-refractivity contribution in [2.45, 2.75) is 167 Å². The van der Waals surface area contributed by atoms with Gasteiger partial charge in [-0.15, -0.1) is 0 Å². The first-order valence-electron chi connectivity index (χ1n) is 18.5. The summed E-state index contributed by atoms with van der Waals surface area (Å²) in [7, 11) is -4.77. The number of hydrogen-bond donors (Lipinski definition) is 3. The number of rotatable bonds is 33. The number of esters is 2. The third kappa shape index (κ3) is 35.3. The van der Waals surface area contributed by atoms with E-state index in [-0.39, 0.29) is 25.6 Å². The van der Waals surface area contributed by atoms with E-state index in [0.29, 0.717) is 19.3 Å².